The van der Waals surface area contributed by atoms with Crippen molar-refractivity contribution in [2.75, 3.05) is 34.2 Å². The van der Waals surface area contributed by atoms with Gasteiger partial charge in [0.2, 0.25) is 5.91 Å². The molecule has 1 atom stereocenters. The molecule has 1 N–H and O–H groups in total. The standard InChI is InChI=1S/C11H23N3O/c1-9(11(15)12-13(2)3)10-5-7-14(4)8-6-10/h9-10H,5-8H2,1-4H3,(H,12,15). The number of nitrogens with one attached hydrogen (secondary N) is 1. The first kappa shape index (κ1) is 12.5. The van der Waals surface area contributed by atoms with E-state index in [0.717, 1.165) is 25.9 Å². The Kier molecular flexibility index (Phi) is 4.54. The zero-order chi connectivity index (χ0) is 11.4. The minimum Gasteiger partial charge on any atom is -0.306 e. The number of carbonyl (C=O) groups excluding carboxylic acids is 1. The van der Waals surface area contributed by atoms with Crippen LogP contribution in [0.5, 0.6) is 0 Å². The van der Waals surface area contributed by atoms with Crippen molar-refractivity contribution in [3.63, 3.8) is 0 Å². The smallest absolute Gasteiger partial charge is 0.237 e. The van der Waals surface area contributed by atoms with Gasteiger partial charge in [0.1, 0.15) is 0 Å². The maximum atomic E-state index is 11.8. The molecule has 15 heavy (non-hydrogen) atoms. The van der Waals surface area contributed by atoms with E-state index >= 15 is 0 Å². The first-order valence-electron chi connectivity index (χ1n) is 5.67. The van der Waals surface area contributed by atoms with Crippen LogP contribution < -0.4 is 5.43 Å². The number of likely N-dealkylation sites (tertiary alicyclic amines) is 1. The van der Waals surface area contributed by atoms with Gasteiger partial charge in [-0.15, -0.1) is 0 Å². The van der Waals surface area contributed by atoms with E-state index in [-0.39, 0.29) is 11.8 Å². The molecule has 88 valence electrons. The number of hydrogen-bond donors (Lipinski definition) is 1. The van der Waals surface area contributed by atoms with E-state index in [4.69, 9.17) is 0 Å². The highest BCUT2D eigenvalue weighted by Gasteiger charge is 2.27. The molecule has 1 aliphatic rings. The lowest BCUT2D eigenvalue weighted by molar-refractivity contribution is -0.130. The highest BCUT2D eigenvalue weighted by atomic mass is 16.2. The van der Waals surface area contributed by atoms with Crippen molar-refractivity contribution in [3.05, 3.63) is 0 Å². The first-order chi connectivity index (χ1) is 7.00. The Morgan fingerprint density at radius 1 is 1.40 bits per heavy atom. The average molecular weight is 213 g/mol. The van der Waals surface area contributed by atoms with Crippen LogP contribution in [0, 0.1) is 11.8 Å². The Labute approximate surface area is 92.6 Å². The molecule has 0 aliphatic carbocycles. The average Bonchev–Trinajstić information content (AvgIpc) is 2.17. The maximum absolute atomic E-state index is 11.8. The molecule has 0 aromatic rings. The SMILES string of the molecule is CC(C(=O)NN(C)C)C1CCN(C)CC1. The van der Waals surface area contributed by atoms with Gasteiger partial charge in [-0.05, 0) is 38.9 Å². The largest absolute Gasteiger partial charge is 0.306 e. The van der Waals surface area contributed by atoms with Gasteiger partial charge in [0.25, 0.3) is 0 Å². The van der Waals surface area contributed by atoms with E-state index in [2.05, 4.69) is 17.4 Å². The van der Waals surface area contributed by atoms with Crippen molar-refractivity contribution < 1.29 is 4.79 Å². The predicted octanol–water partition coefficient (Wildman–Crippen LogP) is 0.557. The summed E-state index contributed by atoms with van der Waals surface area (Å²) in [7, 11) is 5.83. The predicted molar refractivity (Wildman–Crippen MR) is 61.2 cm³/mol. The molecule has 0 saturated carbocycles. The second kappa shape index (κ2) is 5.47. The highest BCUT2D eigenvalue weighted by molar-refractivity contribution is 5.78. The highest BCUT2D eigenvalue weighted by Crippen LogP contribution is 2.24. The van der Waals surface area contributed by atoms with Gasteiger partial charge in [0, 0.05) is 20.0 Å². The van der Waals surface area contributed by atoms with Crippen molar-refractivity contribution in [1.29, 1.82) is 0 Å². The number of hydrogen-bond acceptors (Lipinski definition) is 3. The summed E-state index contributed by atoms with van der Waals surface area (Å²) in [4.78, 5) is 14.1. The third-order valence-electron chi connectivity index (χ3n) is 3.22. The lowest BCUT2D eigenvalue weighted by Crippen LogP contribution is -2.43. The molecule has 1 rings (SSSR count). The van der Waals surface area contributed by atoms with Crippen LogP contribution in [-0.2, 0) is 4.79 Å². The molecule has 4 heteroatoms. The van der Waals surface area contributed by atoms with Crippen LogP contribution in [0.15, 0.2) is 0 Å². The van der Waals surface area contributed by atoms with Gasteiger partial charge in [-0.1, -0.05) is 6.92 Å². The van der Waals surface area contributed by atoms with E-state index in [1.807, 2.05) is 21.0 Å². The monoisotopic (exact) mass is 213 g/mol. The fourth-order valence-electron chi connectivity index (χ4n) is 2.06. The Hall–Kier alpha value is -0.610. The first-order valence-corrected chi connectivity index (χ1v) is 5.67. The van der Waals surface area contributed by atoms with Crippen molar-refractivity contribution in [2.45, 2.75) is 19.8 Å². The van der Waals surface area contributed by atoms with E-state index < -0.39 is 0 Å². The second-order valence-corrected chi connectivity index (χ2v) is 4.80. The summed E-state index contributed by atoms with van der Waals surface area (Å²) in [6.45, 7) is 4.27. The van der Waals surface area contributed by atoms with Gasteiger partial charge in [-0.25, -0.2) is 5.01 Å². The molecule has 1 saturated heterocycles. The molecule has 1 amide bonds. The topological polar surface area (TPSA) is 35.6 Å². The third kappa shape index (κ3) is 3.80. The van der Waals surface area contributed by atoms with Gasteiger partial charge in [-0.2, -0.15) is 0 Å². The number of piperidine rings is 1. The lowest BCUT2D eigenvalue weighted by Gasteiger charge is -2.32. The van der Waals surface area contributed by atoms with Crippen LogP contribution in [0.3, 0.4) is 0 Å². The summed E-state index contributed by atoms with van der Waals surface area (Å²) in [5, 5.41) is 1.72. The van der Waals surface area contributed by atoms with Crippen molar-refractivity contribution in [2.24, 2.45) is 11.8 Å². The molecule has 0 spiro atoms. The molecule has 0 radical (unpaired) electrons. The van der Waals surface area contributed by atoms with E-state index in [1.165, 1.54) is 0 Å². The summed E-state index contributed by atoms with van der Waals surface area (Å²) in [6.07, 6.45) is 2.27. The molecule has 0 aromatic carbocycles. The van der Waals surface area contributed by atoms with Gasteiger partial charge in [-0.3, -0.25) is 10.2 Å². The van der Waals surface area contributed by atoms with Gasteiger partial charge in [0.15, 0.2) is 0 Å². The van der Waals surface area contributed by atoms with Crippen LogP contribution in [-0.4, -0.2) is 50.0 Å². The van der Waals surface area contributed by atoms with Crippen LogP contribution in [0.25, 0.3) is 0 Å². The molecule has 1 heterocycles. The summed E-state index contributed by atoms with van der Waals surface area (Å²) in [5.74, 6) is 0.816. The molecule has 4 nitrogen and oxygen atoms in total. The van der Waals surface area contributed by atoms with Crippen LogP contribution in [0.2, 0.25) is 0 Å². The van der Waals surface area contributed by atoms with Crippen LogP contribution in [0.4, 0.5) is 0 Å². The van der Waals surface area contributed by atoms with E-state index in [9.17, 15) is 4.79 Å². The minimum absolute atomic E-state index is 0.126. The molecule has 0 aromatic heterocycles. The second-order valence-electron chi connectivity index (χ2n) is 4.80. The number of hydrazine groups is 1. The Bertz CT molecular complexity index is 210. The fourth-order valence-corrected chi connectivity index (χ4v) is 2.06. The maximum Gasteiger partial charge on any atom is 0.237 e. The van der Waals surface area contributed by atoms with E-state index in [1.54, 1.807) is 5.01 Å². The number of rotatable bonds is 3. The zero-order valence-corrected chi connectivity index (χ0v) is 10.3. The number of amides is 1. The quantitative estimate of drug-likeness (QED) is 0.696. The molecule has 1 fully saturated rings. The zero-order valence-electron chi connectivity index (χ0n) is 10.3. The van der Waals surface area contributed by atoms with Crippen molar-refractivity contribution in [3.8, 4) is 0 Å². The number of carbonyl (C=O) groups is 1. The van der Waals surface area contributed by atoms with Crippen LogP contribution in [0.1, 0.15) is 19.8 Å². The minimum atomic E-state index is 0.126. The third-order valence-corrected chi connectivity index (χ3v) is 3.22. The normalized spacial score (nSPS) is 21.7. The van der Waals surface area contributed by atoms with Crippen molar-refractivity contribution >= 4 is 5.91 Å². The summed E-state index contributed by atoms with van der Waals surface area (Å²) in [5.41, 5.74) is 2.83. The van der Waals surface area contributed by atoms with Gasteiger partial charge < -0.3 is 4.90 Å². The molecule has 0 bridgehead atoms. The van der Waals surface area contributed by atoms with Gasteiger partial charge in [0.05, 0.1) is 0 Å². The Morgan fingerprint density at radius 3 is 2.40 bits per heavy atom. The van der Waals surface area contributed by atoms with Gasteiger partial charge >= 0.3 is 0 Å². The fraction of sp³-hybridized carbons (Fsp3) is 0.909. The van der Waals surface area contributed by atoms with E-state index in [0.29, 0.717) is 5.92 Å². The summed E-state index contributed by atoms with van der Waals surface area (Å²) in [6, 6.07) is 0. The van der Waals surface area contributed by atoms with Crippen molar-refractivity contribution in [1.82, 2.24) is 15.3 Å². The summed E-state index contributed by atoms with van der Waals surface area (Å²) >= 11 is 0. The molecular weight excluding hydrogens is 190 g/mol. The number of nitrogens with zero attached hydrogens (tertiary/aromatic N) is 2. The molecular formula is C11H23N3O. The van der Waals surface area contributed by atoms with Crippen LogP contribution >= 0.6 is 0 Å². The molecule has 1 unspecified atom stereocenters. The molecule has 1 aliphatic heterocycles. The Morgan fingerprint density at radius 2 is 1.93 bits per heavy atom. The lowest BCUT2D eigenvalue weighted by atomic mass is 9.85. The summed E-state index contributed by atoms with van der Waals surface area (Å²) < 4.78 is 0. The Balaban J connectivity index is 2.39.